The molecule has 1 aliphatic carbocycles. The highest BCUT2D eigenvalue weighted by Crippen LogP contribution is 2.30. The molecule has 0 spiro atoms. The maximum Gasteiger partial charge on any atom is 0.360 e. The second-order valence-corrected chi connectivity index (χ2v) is 5.28. The smallest absolute Gasteiger partial charge is 0.360 e. The lowest BCUT2D eigenvalue weighted by Gasteiger charge is -2.30. The van der Waals surface area contributed by atoms with Crippen molar-refractivity contribution in [2.75, 3.05) is 7.11 Å². The lowest BCUT2D eigenvalue weighted by molar-refractivity contribution is -0.153. The van der Waals surface area contributed by atoms with Crippen LogP contribution in [0.2, 0.25) is 0 Å². The lowest BCUT2D eigenvalue weighted by atomic mass is 9.92. The van der Waals surface area contributed by atoms with Crippen LogP contribution in [0, 0.1) is 0 Å². The fourth-order valence-electron chi connectivity index (χ4n) is 2.60. The standard InChI is InChI=1S/C15H21N3O4/c1-3-4-9-14(19)22-13-8-6-5-7-12(13)18-10-11(16-17-18)15(20)21-2/h3,10,12-13H,1,4-9H2,2H3. The number of methoxy groups -OCH3 is 1. The zero-order valence-corrected chi connectivity index (χ0v) is 12.7. The first-order valence-corrected chi connectivity index (χ1v) is 7.46. The van der Waals surface area contributed by atoms with Crippen molar-refractivity contribution in [3.63, 3.8) is 0 Å². The van der Waals surface area contributed by atoms with Crippen molar-refractivity contribution in [1.29, 1.82) is 0 Å². The molecule has 0 bridgehead atoms. The number of carbonyl (C=O) groups is 2. The van der Waals surface area contributed by atoms with E-state index < -0.39 is 5.97 Å². The third-order valence-corrected chi connectivity index (χ3v) is 3.75. The minimum atomic E-state index is -0.526. The maximum absolute atomic E-state index is 11.8. The number of allylic oxidation sites excluding steroid dienone is 1. The van der Waals surface area contributed by atoms with Gasteiger partial charge in [0.05, 0.1) is 19.3 Å². The van der Waals surface area contributed by atoms with Gasteiger partial charge in [-0.2, -0.15) is 0 Å². The molecule has 7 heteroatoms. The molecule has 1 saturated carbocycles. The normalized spacial score (nSPS) is 21.1. The van der Waals surface area contributed by atoms with Gasteiger partial charge in [-0.1, -0.05) is 17.7 Å². The predicted octanol–water partition coefficient (Wildman–Crippen LogP) is 2.06. The van der Waals surface area contributed by atoms with E-state index in [9.17, 15) is 9.59 Å². The topological polar surface area (TPSA) is 83.3 Å². The molecule has 22 heavy (non-hydrogen) atoms. The summed E-state index contributed by atoms with van der Waals surface area (Å²) in [7, 11) is 1.30. The summed E-state index contributed by atoms with van der Waals surface area (Å²) in [6.45, 7) is 3.60. The van der Waals surface area contributed by atoms with Gasteiger partial charge in [0.25, 0.3) is 0 Å². The molecule has 0 radical (unpaired) electrons. The molecule has 0 saturated heterocycles. The molecule has 1 heterocycles. The Hall–Kier alpha value is -2.18. The second-order valence-electron chi connectivity index (χ2n) is 5.28. The Kier molecular flexibility index (Phi) is 5.68. The van der Waals surface area contributed by atoms with Gasteiger partial charge < -0.3 is 9.47 Å². The van der Waals surface area contributed by atoms with Crippen LogP contribution in [0.1, 0.15) is 55.1 Å². The van der Waals surface area contributed by atoms with E-state index in [4.69, 9.17) is 4.74 Å². The number of aromatic nitrogens is 3. The minimum absolute atomic E-state index is 0.0904. The van der Waals surface area contributed by atoms with Gasteiger partial charge in [-0.3, -0.25) is 4.79 Å². The molecule has 2 atom stereocenters. The number of hydrogen-bond donors (Lipinski definition) is 0. The fourth-order valence-corrected chi connectivity index (χ4v) is 2.60. The van der Waals surface area contributed by atoms with Crippen LogP contribution < -0.4 is 0 Å². The molecule has 0 aliphatic heterocycles. The SMILES string of the molecule is C=CCCC(=O)OC1CCCCC1n1cc(C(=O)OC)nn1. The molecule has 120 valence electrons. The molecule has 2 unspecified atom stereocenters. The third-order valence-electron chi connectivity index (χ3n) is 3.75. The van der Waals surface area contributed by atoms with E-state index in [1.165, 1.54) is 7.11 Å². The van der Waals surface area contributed by atoms with E-state index in [2.05, 4.69) is 21.6 Å². The minimum Gasteiger partial charge on any atom is -0.464 e. The number of esters is 2. The van der Waals surface area contributed by atoms with Crippen molar-refractivity contribution < 1.29 is 19.1 Å². The van der Waals surface area contributed by atoms with Crippen molar-refractivity contribution in [2.45, 2.75) is 50.7 Å². The predicted molar refractivity (Wildman–Crippen MR) is 78.2 cm³/mol. The summed E-state index contributed by atoms with van der Waals surface area (Å²) >= 11 is 0. The van der Waals surface area contributed by atoms with Gasteiger partial charge in [0.15, 0.2) is 5.69 Å². The third kappa shape index (κ3) is 3.93. The Balaban J connectivity index is 2.05. The van der Waals surface area contributed by atoms with E-state index in [1.807, 2.05) is 0 Å². The van der Waals surface area contributed by atoms with E-state index in [1.54, 1.807) is 17.0 Å². The molecule has 1 aromatic rings. The lowest BCUT2D eigenvalue weighted by Crippen LogP contribution is -2.32. The highest BCUT2D eigenvalue weighted by molar-refractivity contribution is 5.86. The van der Waals surface area contributed by atoms with Gasteiger partial charge in [0.1, 0.15) is 6.10 Å². The molecular weight excluding hydrogens is 286 g/mol. The molecule has 0 N–H and O–H groups in total. The second kappa shape index (κ2) is 7.72. The molecule has 1 aromatic heterocycles. The van der Waals surface area contributed by atoms with Crippen molar-refractivity contribution in [3.8, 4) is 0 Å². The number of carbonyl (C=O) groups excluding carboxylic acids is 2. The van der Waals surface area contributed by atoms with Crippen LogP contribution in [0.25, 0.3) is 0 Å². The van der Waals surface area contributed by atoms with Crippen molar-refractivity contribution in [3.05, 3.63) is 24.5 Å². The first-order chi connectivity index (χ1) is 10.7. The summed E-state index contributed by atoms with van der Waals surface area (Å²) in [5.74, 6) is -0.758. The van der Waals surface area contributed by atoms with Crippen molar-refractivity contribution in [1.82, 2.24) is 15.0 Å². The van der Waals surface area contributed by atoms with Gasteiger partial charge in [0, 0.05) is 6.42 Å². The average molecular weight is 307 g/mol. The summed E-state index contributed by atoms with van der Waals surface area (Å²) in [5.41, 5.74) is 0.157. The molecule has 2 rings (SSSR count). The Morgan fingerprint density at radius 1 is 1.45 bits per heavy atom. The monoisotopic (exact) mass is 307 g/mol. The van der Waals surface area contributed by atoms with Gasteiger partial charge in [-0.05, 0) is 25.7 Å². The van der Waals surface area contributed by atoms with Gasteiger partial charge >= 0.3 is 11.9 Å². The summed E-state index contributed by atoms with van der Waals surface area (Å²) in [6, 6.07) is -0.0904. The quantitative estimate of drug-likeness (QED) is 0.591. The largest absolute Gasteiger partial charge is 0.464 e. The number of nitrogens with zero attached hydrogens (tertiary/aromatic N) is 3. The van der Waals surface area contributed by atoms with Crippen LogP contribution in [0.4, 0.5) is 0 Å². The summed E-state index contributed by atoms with van der Waals surface area (Å²) in [5, 5.41) is 7.80. The summed E-state index contributed by atoms with van der Waals surface area (Å²) in [6.07, 6.45) is 7.60. The van der Waals surface area contributed by atoms with Gasteiger partial charge in [-0.15, -0.1) is 11.7 Å². The summed E-state index contributed by atoms with van der Waals surface area (Å²) in [4.78, 5) is 23.3. The van der Waals surface area contributed by atoms with Crippen LogP contribution in [-0.4, -0.2) is 40.1 Å². The van der Waals surface area contributed by atoms with E-state index >= 15 is 0 Å². The Bertz CT molecular complexity index is 541. The Morgan fingerprint density at radius 2 is 2.23 bits per heavy atom. The van der Waals surface area contributed by atoms with Crippen LogP contribution in [0.5, 0.6) is 0 Å². The molecule has 1 fully saturated rings. The first-order valence-electron chi connectivity index (χ1n) is 7.46. The van der Waals surface area contributed by atoms with Gasteiger partial charge in [-0.25, -0.2) is 9.48 Å². The number of hydrogen-bond acceptors (Lipinski definition) is 6. The maximum atomic E-state index is 11.8. The molecule has 1 aliphatic rings. The zero-order chi connectivity index (χ0) is 15.9. The Morgan fingerprint density at radius 3 is 2.95 bits per heavy atom. The number of ether oxygens (including phenoxy) is 2. The summed E-state index contributed by atoms with van der Waals surface area (Å²) < 4.78 is 11.8. The Labute approximate surface area is 129 Å². The van der Waals surface area contributed by atoms with Crippen molar-refractivity contribution >= 4 is 11.9 Å². The molecule has 0 aromatic carbocycles. The van der Waals surface area contributed by atoms with E-state index in [0.717, 1.165) is 25.7 Å². The molecule has 7 nitrogen and oxygen atoms in total. The van der Waals surface area contributed by atoms with Crippen LogP contribution >= 0.6 is 0 Å². The highest BCUT2D eigenvalue weighted by Gasteiger charge is 2.31. The average Bonchev–Trinajstić information content (AvgIpc) is 3.02. The van der Waals surface area contributed by atoms with Crippen molar-refractivity contribution in [2.24, 2.45) is 0 Å². The number of rotatable bonds is 6. The molecule has 0 amide bonds. The fraction of sp³-hybridized carbons (Fsp3) is 0.600. The first kappa shape index (κ1) is 16.2. The van der Waals surface area contributed by atoms with E-state index in [0.29, 0.717) is 12.8 Å². The molecular formula is C15H21N3O4. The van der Waals surface area contributed by atoms with Gasteiger partial charge in [0.2, 0.25) is 0 Å². The van der Waals surface area contributed by atoms with Crippen LogP contribution in [-0.2, 0) is 14.3 Å². The van der Waals surface area contributed by atoms with Crippen LogP contribution in [0.3, 0.4) is 0 Å². The zero-order valence-electron chi connectivity index (χ0n) is 12.7. The van der Waals surface area contributed by atoms with Crippen LogP contribution in [0.15, 0.2) is 18.9 Å². The highest BCUT2D eigenvalue weighted by atomic mass is 16.5. The van der Waals surface area contributed by atoms with E-state index in [-0.39, 0.29) is 23.8 Å².